The van der Waals surface area contributed by atoms with Crippen molar-refractivity contribution in [3.8, 4) is 0 Å². The fourth-order valence-corrected chi connectivity index (χ4v) is 5.23. The summed E-state index contributed by atoms with van der Waals surface area (Å²) in [5.74, 6) is -1.92. The van der Waals surface area contributed by atoms with E-state index in [0.717, 1.165) is 6.42 Å². The molecule has 0 bridgehead atoms. The Morgan fingerprint density at radius 3 is 1.93 bits per heavy atom. The maximum Gasteiger partial charge on any atom is 0.530 e. The second kappa shape index (κ2) is 10.8. The van der Waals surface area contributed by atoms with E-state index in [1.165, 1.54) is 0 Å². The van der Waals surface area contributed by atoms with Crippen LogP contribution in [0.3, 0.4) is 0 Å². The molecule has 0 aromatic rings. The second-order valence-corrected chi connectivity index (χ2v) is 9.86. The molecule has 28 heavy (non-hydrogen) atoms. The minimum atomic E-state index is -2.92. The van der Waals surface area contributed by atoms with E-state index in [1.807, 2.05) is 20.8 Å². The molecule has 0 saturated carbocycles. The van der Waals surface area contributed by atoms with Gasteiger partial charge in [-0.25, -0.2) is 0 Å². The summed E-state index contributed by atoms with van der Waals surface area (Å²) in [7, 11) is 1.79. The number of ether oxygens (including phenoxy) is 6. The normalized spacial score (nSPS) is 26.8. The Kier molecular flexibility index (Phi) is 9.27. The fraction of sp³-hybridized carbons (Fsp3) is 1.00. The van der Waals surface area contributed by atoms with Gasteiger partial charge in [0.05, 0.1) is 13.2 Å². The molecule has 3 unspecified atom stereocenters. The Labute approximate surface area is 169 Å². The van der Waals surface area contributed by atoms with Gasteiger partial charge in [0.25, 0.3) is 5.97 Å². The molecular weight excluding hydrogens is 388 g/mol. The molecule has 0 radical (unpaired) electrons. The van der Waals surface area contributed by atoms with Crippen molar-refractivity contribution in [3.63, 3.8) is 0 Å². The van der Waals surface area contributed by atoms with Gasteiger partial charge in [-0.3, -0.25) is 4.74 Å². The van der Waals surface area contributed by atoms with Crippen LogP contribution in [0, 0.1) is 0 Å². The first-order valence-corrected chi connectivity index (χ1v) is 11.8. The number of hydrogen-bond acceptors (Lipinski definition) is 9. The maximum atomic E-state index is 6.10. The highest BCUT2D eigenvalue weighted by Gasteiger charge is 2.54. The van der Waals surface area contributed by atoms with Crippen LogP contribution < -0.4 is 0 Å². The van der Waals surface area contributed by atoms with Crippen molar-refractivity contribution in [2.45, 2.75) is 70.2 Å². The third-order valence-electron chi connectivity index (χ3n) is 4.95. The Morgan fingerprint density at radius 2 is 1.50 bits per heavy atom. The molecule has 10 heteroatoms. The van der Waals surface area contributed by atoms with Crippen LogP contribution in [0.2, 0.25) is 0 Å². The highest BCUT2D eigenvalue weighted by molar-refractivity contribution is 6.62. The average Bonchev–Trinajstić information content (AvgIpc) is 3.51. The molecule has 0 spiro atoms. The molecule has 9 nitrogen and oxygen atoms in total. The molecule has 0 aromatic carbocycles. The van der Waals surface area contributed by atoms with Crippen molar-refractivity contribution in [1.29, 1.82) is 0 Å². The van der Waals surface area contributed by atoms with Crippen LogP contribution in [0.1, 0.15) is 46.5 Å². The summed E-state index contributed by atoms with van der Waals surface area (Å²) in [6.45, 7) is 7.77. The Bertz CT molecular complexity index is 442. The SMILES string of the molecule is CCC(OC1(COC(CC)[Si](OC)(OC)OC)CO1)OC1(CC)OCCCO1. The van der Waals surface area contributed by atoms with Crippen molar-refractivity contribution in [3.05, 3.63) is 0 Å². The van der Waals surface area contributed by atoms with E-state index in [9.17, 15) is 0 Å². The van der Waals surface area contributed by atoms with E-state index in [-0.39, 0.29) is 12.3 Å². The van der Waals surface area contributed by atoms with Crippen molar-refractivity contribution in [2.24, 2.45) is 0 Å². The smallest absolute Gasteiger partial charge is 0.375 e. The number of hydrogen-bond donors (Lipinski definition) is 0. The molecular formula is C18H36O9Si. The summed E-state index contributed by atoms with van der Waals surface area (Å²) in [6, 6.07) is 0. The zero-order valence-electron chi connectivity index (χ0n) is 18.0. The summed E-state index contributed by atoms with van der Waals surface area (Å²) in [4.78, 5) is 0. The average molecular weight is 425 g/mol. The largest absolute Gasteiger partial charge is 0.530 e. The maximum absolute atomic E-state index is 6.10. The standard InChI is InChI=1S/C18H36O9Si/c1-7-15(27-18(9-3)23-11-10-12-24-18)26-17(14-25-17)13-22-16(8-2)28(19-4,20-5)21-6/h15-16H,7-14H2,1-6H3. The van der Waals surface area contributed by atoms with E-state index >= 15 is 0 Å². The van der Waals surface area contributed by atoms with Crippen LogP contribution in [-0.4, -0.2) is 80.3 Å². The summed E-state index contributed by atoms with van der Waals surface area (Å²) in [5.41, 5.74) is -0.329. The van der Waals surface area contributed by atoms with Gasteiger partial charge in [0.15, 0.2) is 6.29 Å². The highest BCUT2D eigenvalue weighted by Crippen LogP contribution is 2.35. The lowest BCUT2D eigenvalue weighted by Crippen LogP contribution is -2.56. The van der Waals surface area contributed by atoms with Gasteiger partial charge in [-0.05, 0) is 19.3 Å². The summed E-state index contributed by atoms with van der Waals surface area (Å²) in [6.07, 6.45) is 2.17. The van der Waals surface area contributed by atoms with Gasteiger partial charge in [-0.1, -0.05) is 20.8 Å². The van der Waals surface area contributed by atoms with E-state index < -0.39 is 26.9 Å². The predicted octanol–water partition coefficient (Wildman–Crippen LogP) is 2.20. The van der Waals surface area contributed by atoms with E-state index in [4.69, 9.17) is 41.7 Å². The van der Waals surface area contributed by atoms with E-state index in [2.05, 4.69) is 0 Å². The zero-order valence-corrected chi connectivity index (χ0v) is 19.0. The van der Waals surface area contributed by atoms with Gasteiger partial charge >= 0.3 is 8.80 Å². The van der Waals surface area contributed by atoms with E-state index in [0.29, 0.717) is 39.1 Å². The monoisotopic (exact) mass is 424 g/mol. The zero-order chi connectivity index (χ0) is 20.7. The molecule has 0 N–H and O–H groups in total. The summed E-state index contributed by atoms with van der Waals surface area (Å²) >= 11 is 0. The van der Waals surface area contributed by atoms with Crippen molar-refractivity contribution in [1.82, 2.24) is 0 Å². The quantitative estimate of drug-likeness (QED) is 0.237. The predicted molar refractivity (Wildman–Crippen MR) is 101 cm³/mol. The minimum Gasteiger partial charge on any atom is -0.375 e. The Morgan fingerprint density at radius 1 is 0.893 bits per heavy atom. The molecule has 2 saturated heterocycles. The van der Waals surface area contributed by atoms with Gasteiger partial charge in [0, 0.05) is 27.8 Å². The van der Waals surface area contributed by atoms with Gasteiger partial charge < -0.3 is 37.0 Å². The van der Waals surface area contributed by atoms with Crippen LogP contribution in [0.4, 0.5) is 0 Å². The molecule has 2 heterocycles. The van der Waals surface area contributed by atoms with Gasteiger partial charge in [-0.15, -0.1) is 0 Å². The first-order chi connectivity index (χ1) is 13.5. The van der Waals surface area contributed by atoms with Gasteiger partial charge in [0.1, 0.15) is 18.9 Å². The minimum absolute atomic E-state index is 0.219. The van der Waals surface area contributed by atoms with Crippen molar-refractivity contribution >= 4 is 8.80 Å². The molecule has 3 atom stereocenters. The van der Waals surface area contributed by atoms with Crippen molar-refractivity contribution < 1.29 is 41.7 Å². The summed E-state index contributed by atoms with van der Waals surface area (Å²) < 4.78 is 51.9. The molecule has 166 valence electrons. The lowest BCUT2D eigenvalue weighted by Gasteiger charge is -2.38. The Hall–Kier alpha value is -0.143. The van der Waals surface area contributed by atoms with Crippen LogP contribution in [0.25, 0.3) is 0 Å². The molecule has 2 aliphatic heterocycles. The first-order valence-electron chi connectivity index (χ1n) is 10.0. The van der Waals surface area contributed by atoms with Crippen LogP contribution in [0.5, 0.6) is 0 Å². The van der Waals surface area contributed by atoms with Crippen LogP contribution >= 0.6 is 0 Å². The second-order valence-electron chi connectivity index (χ2n) is 6.78. The molecule has 0 aliphatic carbocycles. The van der Waals surface area contributed by atoms with Crippen LogP contribution in [-0.2, 0) is 41.7 Å². The first kappa shape index (κ1) is 24.1. The molecule has 2 fully saturated rings. The number of rotatable bonds is 14. The van der Waals surface area contributed by atoms with E-state index in [1.54, 1.807) is 21.3 Å². The third kappa shape index (κ3) is 5.72. The van der Waals surface area contributed by atoms with Crippen molar-refractivity contribution in [2.75, 3.05) is 47.8 Å². The number of epoxide rings is 1. The third-order valence-corrected chi connectivity index (χ3v) is 8.02. The van der Waals surface area contributed by atoms with Gasteiger partial charge in [-0.2, -0.15) is 0 Å². The molecule has 2 rings (SSSR count). The topological polar surface area (TPSA) is 86.4 Å². The molecule has 0 amide bonds. The van der Waals surface area contributed by atoms with Gasteiger partial charge in [0.2, 0.25) is 5.79 Å². The lowest BCUT2D eigenvalue weighted by molar-refractivity contribution is -0.441. The Balaban J connectivity index is 1.94. The highest BCUT2D eigenvalue weighted by atomic mass is 28.4. The molecule has 2 aliphatic rings. The lowest BCUT2D eigenvalue weighted by atomic mass is 10.3. The summed E-state index contributed by atoms with van der Waals surface area (Å²) in [5, 5.41) is 0. The van der Waals surface area contributed by atoms with Crippen LogP contribution in [0.15, 0.2) is 0 Å². The fourth-order valence-electron chi connectivity index (χ4n) is 3.15. The molecule has 0 aromatic heterocycles.